The van der Waals surface area contributed by atoms with Crippen LogP contribution in [0, 0.1) is 0 Å². The molecule has 88 valence electrons. The number of hydrogen-bond donors (Lipinski definition) is 2. The second kappa shape index (κ2) is 4.80. The van der Waals surface area contributed by atoms with Crippen molar-refractivity contribution in [2.45, 2.75) is 31.9 Å². The summed E-state index contributed by atoms with van der Waals surface area (Å²) in [6, 6.07) is 0.128. The van der Waals surface area contributed by atoms with E-state index < -0.39 is 0 Å². The Morgan fingerprint density at radius 1 is 1.81 bits per heavy atom. The van der Waals surface area contributed by atoms with Gasteiger partial charge in [-0.15, -0.1) is 11.3 Å². The molecule has 0 aliphatic carbocycles. The molecule has 2 unspecified atom stereocenters. The number of hydrogen-bond acceptors (Lipinski definition) is 5. The first-order valence-electron chi connectivity index (χ1n) is 5.26. The number of aromatic nitrogens is 1. The summed E-state index contributed by atoms with van der Waals surface area (Å²) in [5, 5.41) is 5.26. The molecule has 5 nitrogen and oxygen atoms in total. The minimum absolute atomic E-state index is 0.0207. The molecule has 3 N–H and O–H groups in total. The molecule has 1 fully saturated rings. The zero-order valence-corrected chi connectivity index (χ0v) is 9.92. The summed E-state index contributed by atoms with van der Waals surface area (Å²) in [6.45, 7) is 2.69. The SMILES string of the molecule is CC1OCCC1NC(=O)Cc1csc(N)n1. The number of nitrogens with two attached hydrogens (primary N) is 1. The minimum Gasteiger partial charge on any atom is -0.376 e. The minimum atomic E-state index is -0.0207. The number of anilines is 1. The van der Waals surface area contributed by atoms with Gasteiger partial charge in [0.2, 0.25) is 5.91 Å². The van der Waals surface area contributed by atoms with Crippen LogP contribution in [0.25, 0.3) is 0 Å². The normalized spacial score (nSPS) is 24.6. The zero-order chi connectivity index (χ0) is 11.5. The fourth-order valence-electron chi connectivity index (χ4n) is 1.75. The van der Waals surface area contributed by atoms with E-state index in [0.717, 1.165) is 18.7 Å². The number of rotatable bonds is 3. The lowest BCUT2D eigenvalue weighted by Gasteiger charge is -2.15. The van der Waals surface area contributed by atoms with Gasteiger partial charge in [-0.1, -0.05) is 0 Å². The topological polar surface area (TPSA) is 77.2 Å². The fourth-order valence-corrected chi connectivity index (χ4v) is 2.31. The molecule has 0 bridgehead atoms. The number of nitrogens with one attached hydrogen (secondary N) is 1. The van der Waals surface area contributed by atoms with Gasteiger partial charge in [0.05, 0.1) is 24.3 Å². The molecule has 0 saturated carbocycles. The number of carbonyl (C=O) groups is 1. The van der Waals surface area contributed by atoms with E-state index in [2.05, 4.69) is 10.3 Å². The summed E-state index contributed by atoms with van der Waals surface area (Å²) in [5.41, 5.74) is 6.22. The van der Waals surface area contributed by atoms with Crippen molar-refractivity contribution in [3.63, 3.8) is 0 Å². The second-order valence-electron chi connectivity index (χ2n) is 3.89. The van der Waals surface area contributed by atoms with Gasteiger partial charge in [-0.3, -0.25) is 4.79 Å². The van der Waals surface area contributed by atoms with Gasteiger partial charge >= 0.3 is 0 Å². The standard InChI is InChI=1S/C10H15N3O2S/c1-6-8(2-3-15-6)13-9(14)4-7-5-16-10(11)12-7/h5-6,8H,2-4H2,1H3,(H2,11,12)(H,13,14). The van der Waals surface area contributed by atoms with Gasteiger partial charge in [-0.25, -0.2) is 4.98 Å². The molecule has 2 rings (SSSR count). The Morgan fingerprint density at radius 2 is 2.62 bits per heavy atom. The first-order chi connectivity index (χ1) is 7.65. The molecular weight excluding hydrogens is 226 g/mol. The van der Waals surface area contributed by atoms with Crippen molar-refractivity contribution < 1.29 is 9.53 Å². The lowest BCUT2D eigenvalue weighted by molar-refractivity contribution is -0.121. The van der Waals surface area contributed by atoms with Crippen LogP contribution in [-0.4, -0.2) is 29.6 Å². The van der Waals surface area contributed by atoms with Crippen molar-refractivity contribution in [1.29, 1.82) is 0 Å². The molecule has 16 heavy (non-hydrogen) atoms. The molecule has 1 amide bonds. The van der Waals surface area contributed by atoms with E-state index in [4.69, 9.17) is 10.5 Å². The lowest BCUT2D eigenvalue weighted by atomic mass is 10.1. The van der Waals surface area contributed by atoms with Crippen molar-refractivity contribution in [1.82, 2.24) is 10.3 Å². The van der Waals surface area contributed by atoms with Crippen LogP contribution in [-0.2, 0) is 16.0 Å². The Hall–Kier alpha value is -1.14. The third-order valence-electron chi connectivity index (χ3n) is 2.63. The fraction of sp³-hybridized carbons (Fsp3) is 0.600. The molecule has 0 radical (unpaired) electrons. The molecule has 1 aromatic heterocycles. The van der Waals surface area contributed by atoms with Crippen molar-refractivity contribution in [3.05, 3.63) is 11.1 Å². The average molecular weight is 241 g/mol. The highest BCUT2D eigenvalue weighted by molar-refractivity contribution is 7.13. The first-order valence-corrected chi connectivity index (χ1v) is 6.14. The first kappa shape index (κ1) is 11.3. The van der Waals surface area contributed by atoms with Crippen LogP contribution >= 0.6 is 11.3 Å². The largest absolute Gasteiger partial charge is 0.376 e. The maximum absolute atomic E-state index is 11.7. The smallest absolute Gasteiger partial charge is 0.226 e. The van der Waals surface area contributed by atoms with E-state index in [1.165, 1.54) is 11.3 Å². The highest BCUT2D eigenvalue weighted by Gasteiger charge is 2.25. The van der Waals surface area contributed by atoms with Crippen LogP contribution in [0.2, 0.25) is 0 Å². The highest BCUT2D eigenvalue weighted by Crippen LogP contribution is 2.14. The Bertz CT molecular complexity index is 380. The van der Waals surface area contributed by atoms with Crippen LogP contribution < -0.4 is 11.1 Å². The van der Waals surface area contributed by atoms with Gasteiger partial charge in [0.15, 0.2) is 5.13 Å². The number of thiazole rings is 1. The second-order valence-corrected chi connectivity index (χ2v) is 4.78. The van der Waals surface area contributed by atoms with E-state index in [-0.39, 0.29) is 24.5 Å². The highest BCUT2D eigenvalue weighted by atomic mass is 32.1. The van der Waals surface area contributed by atoms with E-state index in [1.807, 2.05) is 12.3 Å². The van der Waals surface area contributed by atoms with Crippen LogP contribution in [0.5, 0.6) is 0 Å². The van der Waals surface area contributed by atoms with Gasteiger partial charge in [0.1, 0.15) is 0 Å². The maximum atomic E-state index is 11.7. The van der Waals surface area contributed by atoms with Crippen molar-refractivity contribution in [2.75, 3.05) is 12.3 Å². The number of nitrogens with zero attached hydrogens (tertiary/aromatic N) is 1. The third-order valence-corrected chi connectivity index (χ3v) is 3.36. The summed E-state index contributed by atoms with van der Waals surface area (Å²) in [7, 11) is 0. The average Bonchev–Trinajstić information content (AvgIpc) is 2.77. The molecule has 1 aliphatic rings. The molecule has 0 aromatic carbocycles. The Balaban J connectivity index is 1.84. The predicted molar refractivity (Wildman–Crippen MR) is 62.2 cm³/mol. The van der Waals surface area contributed by atoms with Gasteiger partial charge < -0.3 is 15.8 Å². The molecule has 6 heteroatoms. The molecule has 2 atom stereocenters. The van der Waals surface area contributed by atoms with Crippen LogP contribution in [0.3, 0.4) is 0 Å². The van der Waals surface area contributed by atoms with Crippen LogP contribution in [0.4, 0.5) is 5.13 Å². The zero-order valence-electron chi connectivity index (χ0n) is 9.10. The predicted octanol–water partition coefficient (Wildman–Crippen LogP) is 0.561. The van der Waals surface area contributed by atoms with Crippen molar-refractivity contribution in [2.24, 2.45) is 0 Å². The Kier molecular flexibility index (Phi) is 3.40. The number of nitrogen functional groups attached to an aromatic ring is 1. The Labute approximate surface area is 98.0 Å². The van der Waals surface area contributed by atoms with E-state index in [0.29, 0.717) is 5.13 Å². The maximum Gasteiger partial charge on any atom is 0.226 e. The molecule has 2 heterocycles. The molecule has 0 spiro atoms. The molecule has 1 aliphatic heterocycles. The van der Waals surface area contributed by atoms with E-state index >= 15 is 0 Å². The number of ether oxygens (including phenoxy) is 1. The quantitative estimate of drug-likeness (QED) is 0.810. The molecule has 1 aromatic rings. The summed E-state index contributed by atoms with van der Waals surface area (Å²) in [4.78, 5) is 15.7. The summed E-state index contributed by atoms with van der Waals surface area (Å²) in [5.74, 6) is -0.0207. The van der Waals surface area contributed by atoms with Gasteiger partial charge in [-0.05, 0) is 13.3 Å². The summed E-state index contributed by atoms with van der Waals surface area (Å²) in [6.07, 6.45) is 1.27. The monoisotopic (exact) mass is 241 g/mol. The van der Waals surface area contributed by atoms with Crippen molar-refractivity contribution in [3.8, 4) is 0 Å². The third kappa shape index (κ3) is 2.70. The van der Waals surface area contributed by atoms with E-state index in [1.54, 1.807) is 0 Å². The van der Waals surface area contributed by atoms with Gasteiger partial charge in [-0.2, -0.15) is 0 Å². The van der Waals surface area contributed by atoms with E-state index in [9.17, 15) is 4.79 Å². The van der Waals surface area contributed by atoms with Crippen LogP contribution in [0.15, 0.2) is 5.38 Å². The number of amides is 1. The van der Waals surface area contributed by atoms with Gasteiger partial charge in [0, 0.05) is 12.0 Å². The summed E-state index contributed by atoms with van der Waals surface area (Å²) >= 11 is 1.35. The van der Waals surface area contributed by atoms with Crippen molar-refractivity contribution >= 4 is 22.4 Å². The molecule has 1 saturated heterocycles. The Morgan fingerprint density at radius 3 is 3.19 bits per heavy atom. The van der Waals surface area contributed by atoms with Gasteiger partial charge in [0.25, 0.3) is 0 Å². The molecular formula is C10H15N3O2S. The number of carbonyl (C=O) groups excluding carboxylic acids is 1. The summed E-state index contributed by atoms with van der Waals surface area (Å²) < 4.78 is 5.37. The van der Waals surface area contributed by atoms with Crippen LogP contribution in [0.1, 0.15) is 19.0 Å². The lowest BCUT2D eigenvalue weighted by Crippen LogP contribution is -2.39.